The summed E-state index contributed by atoms with van der Waals surface area (Å²) in [6.45, 7) is 1.95. The number of benzene rings is 1. The fourth-order valence-electron chi connectivity index (χ4n) is 1.38. The van der Waals surface area contributed by atoms with Crippen LogP contribution in [0.3, 0.4) is 0 Å². The molecule has 70 valence electrons. The average molecular weight is 188 g/mol. The molecule has 1 aromatic carbocycles. The minimum absolute atomic E-state index is 0.0335. The SMILES string of the molecule is Cc1ccc2c(c1)OCC(=[N+]=[N-])C2=O. The normalized spacial score (nSPS) is 14.4. The van der Waals surface area contributed by atoms with Gasteiger partial charge < -0.3 is 10.3 Å². The van der Waals surface area contributed by atoms with Crippen LogP contribution in [0.25, 0.3) is 5.53 Å². The molecule has 0 radical (unpaired) electrons. The summed E-state index contributed by atoms with van der Waals surface area (Å²) in [4.78, 5) is 14.5. The first-order chi connectivity index (χ1) is 6.72. The molecule has 1 aliphatic heterocycles. The number of nitrogens with zero attached hydrogens (tertiary/aromatic N) is 2. The molecule has 0 unspecified atom stereocenters. The van der Waals surface area contributed by atoms with Crippen LogP contribution in [0.1, 0.15) is 15.9 Å². The van der Waals surface area contributed by atoms with Crippen molar-refractivity contribution in [2.45, 2.75) is 6.92 Å². The number of rotatable bonds is 0. The summed E-state index contributed by atoms with van der Waals surface area (Å²) >= 11 is 0. The minimum Gasteiger partial charge on any atom is -0.480 e. The van der Waals surface area contributed by atoms with Gasteiger partial charge in [-0.25, -0.2) is 0 Å². The van der Waals surface area contributed by atoms with Crippen molar-refractivity contribution in [2.75, 3.05) is 6.61 Å². The number of ether oxygens (including phenoxy) is 1. The molecule has 4 nitrogen and oxygen atoms in total. The number of aryl methyl sites for hydroxylation is 1. The van der Waals surface area contributed by atoms with Crippen LogP contribution >= 0.6 is 0 Å². The summed E-state index contributed by atoms with van der Waals surface area (Å²) in [5.41, 5.74) is 10.1. The maximum atomic E-state index is 11.6. The van der Waals surface area contributed by atoms with Crippen LogP contribution in [-0.2, 0) is 0 Å². The molecule has 0 saturated carbocycles. The smallest absolute Gasteiger partial charge is 0.376 e. The largest absolute Gasteiger partial charge is 0.480 e. The van der Waals surface area contributed by atoms with Crippen molar-refractivity contribution < 1.29 is 14.3 Å². The van der Waals surface area contributed by atoms with Gasteiger partial charge in [0, 0.05) is 0 Å². The molecule has 0 N–H and O–H groups in total. The molecule has 0 amide bonds. The first-order valence-corrected chi connectivity index (χ1v) is 4.21. The Morgan fingerprint density at radius 3 is 3.00 bits per heavy atom. The van der Waals surface area contributed by atoms with E-state index in [1.807, 2.05) is 13.0 Å². The van der Waals surface area contributed by atoms with Crippen molar-refractivity contribution in [3.8, 4) is 5.75 Å². The zero-order valence-electron chi connectivity index (χ0n) is 7.65. The Morgan fingerprint density at radius 2 is 2.29 bits per heavy atom. The van der Waals surface area contributed by atoms with Gasteiger partial charge in [0.05, 0.1) is 5.56 Å². The molecule has 1 aromatic rings. The number of fused-ring (bicyclic) bond motifs is 1. The Labute approximate surface area is 80.7 Å². The number of hydrogen-bond donors (Lipinski definition) is 0. The topological polar surface area (TPSA) is 62.7 Å². The van der Waals surface area contributed by atoms with Crippen molar-refractivity contribution in [3.63, 3.8) is 0 Å². The molecule has 0 saturated heterocycles. The van der Waals surface area contributed by atoms with Crippen molar-refractivity contribution in [3.05, 3.63) is 34.9 Å². The molecule has 0 spiro atoms. The Hall–Kier alpha value is -1.93. The summed E-state index contributed by atoms with van der Waals surface area (Å²) < 4.78 is 5.27. The Kier molecular flexibility index (Phi) is 1.91. The summed E-state index contributed by atoms with van der Waals surface area (Å²) in [7, 11) is 0. The van der Waals surface area contributed by atoms with E-state index in [1.54, 1.807) is 12.1 Å². The van der Waals surface area contributed by atoms with Gasteiger partial charge in [0.15, 0.2) is 6.61 Å². The fourth-order valence-corrected chi connectivity index (χ4v) is 1.38. The van der Waals surface area contributed by atoms with Crippen LogP contribution in [0.4, 0.5) is 0 Å². The zero-order chi connectivity index (χ0) is 10.1. The molecule has 0 fully saturated rings. The van der Waals surface area contributed by atoms with Crippen LogP contribution in [-0.4, -0.2) is 22.9 Å². The van der Waals surface area contributed by atoms with Crippen molar-refractivity contribution in [1.29, 1.82) is 0 Å². The molecule has 0 aliphatic carbocycles. The number of carbonyl (C=O) groups is 1. The van der Waals surface area contributed by atoms with Gasteiger partial charge in [0.25, 0.3) is 5.78 Å². The third-order valence-electron chi connectivity index (χ3n) is 2.13. The lowest BCUT2D eigenvalue weighted by molar-refractivity contribution is -0.0132. The number of hydrogen-bond acceptors (Lipinski definition) is 2. The molecule has 4 heteroatoms. The van der Waals surface area contributed by atoms with Gasteiger partial charge in [-0.15, -0.1) is 0 Å². The average Bonchev–Trinajstić information content (AvgIpc) is 2.18. The highest BCUT2D eigenvalue weighted by atomic mass is 16.5. The summed E-state index contributed by atoms with van der Waals surface area (Å²) in [5.74, 6) is 0.288. The molecule has 0 atom stereocenters. The molecule has 2 rings (SSSR count). The lowest BCUT2D eigenvalue weighted by Gasteiger charge is -2.13. The first kappa shape index (κ1) is 8.66. The first-order valence-electron chi connectivity index (χ1n) is 4.21. The van der Waals surface area contributed by atoms with Crippen molar-refractivity contribution >= 4 is 11.5 Å². The zero-order valence-corrected chi connectivity index (χ0v) is 7.65. The number of ketones is 1. The van der Waals surface area contributed by atoms with Gasteiger partial charge in [-0.2, -0.15) is 4.79 Å². The van der Waals surface area contributed by atoms with Crippen LogP contribution in [0.5, 0.6) is 5.75 Å². The highest BCUT2D eigenvalue weighted by Crippen LogP contribution is 2.24. The van der Waals surface area contributed by atoms with E-state index < -0.39 is 0 Å². The van der Waals surface area contributed by atoms with E-state index in [1.165, 1.54) is 0 Å². The molecule has 1 heterocycles. The van der Waals surface area contributed by atoms with Gasteiger partial charge >= 0.3 is 5.71 Å². The van der Waals surface area contributed by atoms with Crippen molar-refractivity contribution in [1.82, 2.24) is 0 Å². The van der Waals surface area contributed by atoms with E-state index in [-0.39, 0.29) is 18.1 Å². The predicted molar refractivity (Wildman–Crippen MR) is 49.6 cm³/mol. The molecule has 0 aromatic heterocycles. The van der Waals surface area contributed by atoms with Crippen LogP contribution < -0.4 is 4.74 Å². The van der Waals surface area contributed by atoms with Gasteiger partial charge in [0.1, 0.15) is 5.75 Å². The fraction of sp³-hybridized carbons (Fsp3) is 0.200. The number of Topliss-reactive ketones (excluding diaryl/α,β-unsaturated/α-hetero) is 1. The molecule has 1 aliphatic rings. The monoisotopic (exact) mass is 188 g/mol. The third kappa shape index (κ3) is 1.22. The van der Waals surface area contributed by atoms with Crippen LogP contribution in [0.15, 0.2) is 18.2 Å². The lowest BCUT2D eigenvalue weighted by atomic mass is 10.0. The third-order valence-corrected chi connectivity index (χ3v) is 2.13. The standard InChI is InChI=1S/C10H8N2O2/c1-6-2-3-7-9(4-6)14-5-8(12-11)10(7)13/h2-4H,5H2,1H3. The van der Waals surface area contributed by atoms with Gasteiger partial charge in [-0.1, -0.05) is 6.07 Å². The summed E-state index contributed by atoms with van der Waals surface area (Å²) in [5, 5.41) is 0. The quantitative estimate of drug-likeness (QED) is 0.454. The highest BCUT2D eigenvalue weighted by molar-refractivity contribution is 6.45. The summed E-state index contributed by atoms with van der Waals surface area (Å²) in [6.07, 6.45) is 0. The number of carbonyl (C=O) groups excluding carboxylic acids is 1. The molecular weight excluding hydrogens is 180 g/mol. The predicted octanol–water partition coefficient (Wildman–Crippen LogP) is 1.24. The van der Waals surface area contributed by atoms with Gasteiger partial charge in [-0.3, -0.25) is 4.79 Å². The van der Waals surface area contributed by atoms with Crippen molar-refractivity contribution in [2.24, 2.45) is 0 Å². The van der Waals surface area contributed by atoms with E-state index in [2.05, 4.69) is 4.79 Å². The van der Waals surface area contributed by atoms with E-state index >= 15 is 0 Å². The van der Waals surface area contributed by atoms with E-state index in [0.29, 0.717) is 11.3 Å². The van der Waals surface area contributed by atoms with Crippen LogP contribution in [0, 0.1) is 6.92 Å². The molecule has 14 heavy (non-hydrogen) atoms. The van der Waals surface area contributed by atoms with Gasteiger partial charge in [-0.05, 0) is 24.6 Å². The minimum atomic E-state index is -0.270. The second kappa shape index (κ2) is 3.09. The maximum Gasteiger partial charge on any atom is 0.376 e. The highest BCUT2D eigenvalue weighted by Gasteiger charge is 2.30. The van der Waals surface area contributed by atoms with Crippen LogP contribution in [0.2, 0.25) is 0 Å². The second-order valence-corrected chi connectivity index (χ2v) is 3.16. The van der Waals surface area contributed by atoms with Gasteiger partial charge in [0.2, 0.25) is 0 Å². The second-order valence-electron chi connectivity index (χ2n) is 3.16. The molecule has 0 bridgehead atoms. The van der Waals surface area contributed by atoms with E-state index in [9.17, 15) is 4.79 Å². The Morgan fingerprint density at radius 1 is 1.50 bits per heavy atom. The maximum absolute atomic E-state index is 11.6. The lowest BCUT2D eigenvalue weighted by Crippen LogP contribution is -2.28. The Balaban J connectivity index is 2.57. The summed E-state index contributed by atoms with van der Waals surface area (Å²) in [6, 6.07) is 5.29. The Bertz CT molecular complexity index is 459. The van der Waals surface area contributed by atoms with E-state index in [0.717, 1.165) is 5.56 Å². The molecular formula is C10H8N2O2. The van der Waals surface area contributed by atoms with E-state index in [4.69, 9.17) is 10.3 Å².